The van der Waals surface area contributed by atoms with Gasteiger partial charge in [0.25, 0.3) is 0 Å². The van der Waals surface area contributed by atoms with Gasteiger partial charge >= 0.3 is 7.43 Å². The predicted octanol–water partition coefficient (Wildman–Crippen LogP) is 3.69. The number of carbonyl (C=O) groups excluding carboxylic acids is 4. The fourth-order valence-corrected chi connectivity index (χ4v) is 8.70. The van der Waals surface area contributed by atoms with Gasteiger partial charge < -0.3 is 38.1 Å². The molecule has 16 nitrogen and oxygen atoms in total. The summed E-state index contributed by atoms with van der Waals surface area (Å²) in [5, 5.41) is 0. The largest absolute Gasteiger partial charge is 4.00 e. The molecule has 0 aliphatic carbocycles. The number of fused-ring (bicyclic) bond motifs is 4. The molecule has 4 heterocycles. The third-order valence-corrected chi connectivity index (χ3v) is 11.7. The molecule has 0 radical (unpaired) electrons. The Hall–Kier alpha value is -5.44. The van der Waals surface area contributed by atoms with Crippen LogP contribution in [0.25, 0.3) is 18.9 Å². The molecular formula is C29H16N4O12S4. The van der Waals surface area contributed by atoms with Crippen LogP contribution in [0.5, 0.6) is 0 Å². The monoisotopic (exact) mass is 740 g/mol. The molecule has 4 aliphatic rings. The van der Waals surface area contributed by atoms with E-state index in [0.717, 1.165) is 0 Å². The van der Waals surface area contributed by atoms with Crippen molar-refractivity contribution < 1.29 is 52.8 Å². The van der Waals surface area contributed by atoms with E-state index >= 15 is 0 Å². The maximum absolute atomic E-state index is 11.1. The molecule has 0 spiro atoms. The fraction of sp³-hybridized carbons (Fsp3) is 0. The van der Waals surface area contributed by atoms with Crippen LogP contribution in [0.3, 0.4) is 0 Å². The van der Waals surface area contributed by atoms with Gasteiger partial charge in [0.2, 0.25) is 0 Å². The van der Waals surface area contributed by atoms with Crippen molar-refractivity contribution in [3.8, 4) is 0 Å². The fourth-order valence-electron chi connectivity index (χ4n) is 4.30. The summed E-state index contributed by atoms with van der Waals surface area (Å²) in [5.41, 5.74) is 0.657. The van der Waals surface area contributed by atoms with E-state index in [2.05, 4.69) is 18.9 Å². The Morgan fingerprint density at radius 2 is 0.469 bits per heavy atom. The second-order valence-corrected chi connectivity index (χ2v) is 15.8. The summed E-state index contributed by atoms with van der Waals surface area (Å²) in [5.74, 6) is -2.70. The second-order valence-electron chi connectivity index (χ2n) is 9.47. The Bertz CT molecular complexity index is 2150. The zero-order valence-corrected chi connectivity index (χ0v) is 27.3. The zero-order valence-electron chi connectivity index (χ0n) is 24.1. The molecular weight excluding hydrogens is 725 g/mol. The summed E-state index contributed by atoms with van der Waals surface area (Å²) in [6.07, 6.45) is 0. The molecule has 0 fully saturated rings. The number of hydrogen-bond donors (Lipinski definition) is 0. The number of nitrogens with zero attached hydrogens (tertiary/aromatic N) is 4. The topological polar surface area (TPSA) is 261 Å². The number of sulfonamides is 4. The molecule has 49 heavy (non-hydrogen) atoms. The average molecular weight is 741 g/mol. The molecule has 0 N–H and O–H groups in total. The van der Waals surface area contributed by atoms with E-state index in [1.807, 2.05) is 0 Å². The van der Waals surface area contributed by atoms with Crippen molar-refractivity contribution in [3.05, 3.63) is 146 Å². The van der Waals surface area contributed by atoms with E-state index in [1.54, 1.807) is 48.5 Å². The first-order valence-corrected chi connectivity index (χ1v) is 18.7. The minimum atomic E-state index is -3.68. The SMILES string of the molecule is O=C1[N-]S(=O)(=O)c2ccccc21.O=C1[N-]S(=O)(=O)c2ccccc21.O=C1[N-]S(=O)(=O)c2ccccc21.O=C1[N-]S(=O)(=O)c2ccccc21.[C+4]. The van der Waals surface area contributed by atoms with E-state index < -0.39 is 63.7 Å². The Morgan fingerprint density at radius 3 is 0.633 bits per heavy atom. The van der Waals surface area contributed by atoms with Crippen LogP contribution in [0.4, 0.5) is 0 Å². The molecule has 4 amide bonds. The smallest absolute Gasteiger partial charge is 0.537 e. The summed E-state index contributed by atoms with van der Waals surface area (Å²) in [6, 6.07) is 24.0. The predicted molar refractivity (Wildman–Crippen MR) is 169 cm³/mol. The quantitative estimate of drug-likeness (QED) is 0.250. The van der Waals surface area contributed by atoms with E-state index in [0.29, 0.717) is 0 Å². The molecule has 8 rings (SSSR count). The maximum atomic E-state index is 11.1. The molecule has 4 aromatic carbocycles. The molecule has 248 valence electrons. The minimum Gasteiger partial charge on any atom is -0.537 e. The molecule has 0 aromatic heterocycles. The Labute approximate surface area is 280 Å². The van der Waals surface area contributed by atoms with Gasteiger partial charge in [0.15, 0.2) is 0 Å². The first kappa shape index (κ1) is 36.4. The molecule has 0 saturated heterocycles. The van der Waals surface area contributed by atoms with Crippen LogP contribution in [0, 0.1) is 7.43 Å². The number of carbonyl (C=O) groups is 4. The first-order chi connectivity index (χ1) is 22.4. The first-order valence-electron chi connectivity index (χ1n) is 12.9. The Morgan fingerprint density at radius 1 is 0.306 bits per heavy atom. The van der Waals surface area contributed by atoms with Crippen molar-refractivity contribution in [1.82, 2.24) is 0 Å². The van der Waals surface area contributed by atoms with E-state index in [4.69, 9.17) is 0 Å². The second kappa shape index (κ2) is 13.2. The van der Waals surface area contributed by atoms with Gasteiger partial charge in [0.1, 0.15) is 40.1 Å². The van der Waals surface area contributed by atoms with Crippen molar-refractivity contribution >= 4 is 63.7 Å². The van der Waals surface area contributed by atoms with Crippen molar-refractivity contribution in [2.24, 2.45) is 0 Å². The van der Waals surface area contributed by atoms with Gasteiger partial charge in [-0.05, 0) is 24.3 Å². The third-order valence-electron chi connectivity index (χ3n) is 6.39. The number of rotatable bonds is 0. The molecule has 4 aromatic rings. The van der Waals surface area contributed by atoms with Crippen LogP contribution in [0.15, 0.2) is 117 Å². The van der Waals surface area contributed by atoms with Gasteiger partial charge in [-0.1, -0.05) is 72.8 Å². The van der Waals surface area contributed by atoms with Crippen LogP contribution in [0.2, 0.25) is 0 Å². The van der Waals surface area contributed by atoms with Crippen LogP contribution in [-0.2, 0) is 40.1 Å². The maximum Gasteiger partial charge on any atom is 4.00 e. The molecule has 0 saturated carbocycles. The van der Waals surface area contributed by atoms with E-state index in [-0.39, 0.29) is 49.3 Å². The standard InChI is InChI=1S/4C7H5NO3S.C/c4*9-7-5-3-1-2-4-6(5)12(10,11)8-7;/h4*1-4H,(H,8,9);/q;;;;+4/p-4. The van der Waals surface area contributed by atoms with Crippen molar-refractivity contribution in [1.29, 1.82) is 0 Å². The molecule has 0 unspecified atom stereocenters. The van der Waals surface area contributed by atoms with Gasteiger partial charge in [0, 0.05) is 22.3 Å². The van der Waals surface area contributed by atoms with Crippen LogP contribution < -0.4 is 0 Å². The van der Waals surface area contributed by atoms with Crippen molar-refractivity contribution in [2.75, 3.05) is 0 Å². The Kier molecular flexibility index (Phi) is 9.82. The van der Waals surface area contributed by atoms with Crippen molar-refractivity contribution in [3.63, 3.8) is 0 Å². The van der Waals surface area contributed by atoms with Gasteiger partial charge in [-0.2, -0.15) is 0 Å². The number of hydrogen-bond acceptors (Lipinski definition) is 12. The Balaban J connectivity index is 0.000000146. The third kappa shape index (κ3) is 7.21. The molecule has 0 bridgehead atoms. The molecule has 4 aliphatic heterocycles. The normalized spacial score (nSPS) is 18.1. The van der Waals surface area contributed by atoms with Gasteiger partial charge in [0.05, 0.1) is 43.2 Å². The zero-order chi connectivity index (χ0) is 35.1. The summed E-state index contributed by atoms with van der Waals surface area (Å²) in [7, 11) is -14.7. The molecule has 20 heteroatoms. The number of benzene rings is 4. The van der Waals surface area contributed by atoms with Gasteiger partial charge in [-0.3, -0.25) is 0 Å². The number of amides is 4. The average Bonchev–Trinajstić information content (AvgIpc) is 3.62. The van der Waals surface area contributed by atoms with E-state index in [1.165, 1.54) is 48.5 Å². The van der Waals surface area contributed by atoms with Crippen LogP contribution in [0.1, 0.15) is 41.4 Å². The van der Waals surface area contributed by atoms with Gasteiger partial charge in [-0.15, -0.1) is 0 Å². The summed E-state index contributed by atoms with van der Waals surface area (Å²) >= 11 is 0. The van der Waals surface area contributed by atoms with E-state index in [9.17, 15) is 52.8 Å². The summed E-state index contributed by atoms with van der Waals surface area (Å²) in [4.78, 5) is 43.8. The summed E-state index contributed by atoms with van der Waals surface area (Å²) < 4.78 is 101. The van der Waals surface area contributed by atoms with Crippen LogP contribution >= 0.6 is 0 Å². The molecule has 0 atom stereocenters. The van der Waals surface area contributed by atoms with Crippen molar-refractivity contribution in [2.45, 2.75) is 19.6 Å². The summed E-state index contributed by atoms with van der Waals surface area (Å²) in [6.45, 7) is 0. The van der Waals surface area contributed by atoms with Crippen LogP contribution in [-0.4, -0.2) is 57.3 Å². The van der Waals surface area contributed by atoms with Gasteiger partial charge in [-0.25, -0.2) is 33.7 Å². The minimum absolute atomic E-state index is 0.